The Morgan fingerprint density at radius 2 is 1.72 bits per heavy atom. The maximum atomic E-state index is 12.9. The van der Waals surface area contributed by atoms with Crippen LogP contribution in [0.15, 0.2) is 54.6 Å². The molecule has 0 radical (unpaired) electrons. The van der Waals surface area contributed by atoms with Crippen LogP contribution in [0.3, 0.4) is 0 Å². The Hall–Kier alpha value is -2.99. The number of hydrogen-bond donors (Lipinski definition) is 2. The monoisotopic (exact) mass is 338 g/mol. The second-order valence-corrected chi connectivity index (χ2v) is 6.09. The number of hydrogen-bond acceptors (Lipinski definition) is 4. The van der Waals surface area contributed by atoms with E-state index in [-0.39, 0.29) is 12.3 Å². The van der Waals surface area contributed by atoms with Crippen molar-refractivity contribution in [1.82, 2.24) is 0 Å². The summed E-state index contributed by atoms with van der Waals surface area (Å²) in [6.45, 7) is 1.15. The molecule has 3 rings (SSSR count). The lowest BCUT2D eigenvalue weighted by molar-refractivity contribution is -0.140. The smallest absolute Gasteiger partial charge is 0.264 e. The molecule has 2 amide bonds. The van der Waals surface area contributed by atoms with Gasteiger partial charge < -0.3 is 10.8 Å². The van der Waals surface area contributed by atoms with E-state index >= 15 is 0 Å². The first-order chi connectivity index (χ1) is 11.9. The lowest BCUT2D eigenvalue weighted by atomic mass is 9.79. The van der Waals surface area contributed by atoms with E-state index in [1.54, 1.807) is 54.6 Å². The largest absolute Gasteiger partial charge is 0.375 e. The second-order valence-electron chi connectivity index (χ2n) is 6.09. The molecule has 1 aliphatic heterocycles. The number of anilines is 1. The van der Waals surface area contributed by atoms with Gasteiger partial charge in [0.15, 0.2) is 11.4 Å². The highest BCUT2D eigenvalue weighted by Gasteiger charge is 2.55. The number of para-hydroxylation sites is 1. The highest BCUT2D eigenvalue weighted by molar-refractivity contribution is 6.13. The summed E-state index contributed by atoms with van der Waals surface area (Å²) in [5.41, 5.74) is 4.28. The van der Waals surface area contributed by atoms with E-state index < -0.39 is 23.3 Å². The molecule has 2 atom stereocenters. The van der Waals surface area contributed by atoms with E-state index in [0.29, 0.717) is 16.8 Å². The summed E-state index contributed by atoms with van der Waals surface area (Å²) in [6.07, 6.45) is 0. The lowest BCUT2D eigenvalue weighted by Crippen LogP contribution is -2.49. The van der Waals surface area contributed by atoms with Crippen molar-refractivity contribution in [2.45, 2.75) is 12.5 Å². The quantitative estimate of drug-likeness (QED) is 0.801. The Morgan fingerprint density at radius 3 is 2.36 bits per heavy atom. The Morgan fingerprint density at radius 1 is 1.12 bits per heavy atom. The summed E-state index contributed by atoms with van der Waals surface area (Å²) >= 11 is 0. The van der Waals surface area contributed by atoms with Gasteiger partial charge in [-0.15, -0.1) is 0 Å². The van der Waals surface area contributed by atoms with Crippen molar-refractivity contribution in [2.75, 3.05) is 11.4 Å². The minimum atomic E-state index is -2.04. The number of carbonyl (C=O) groups is 3. The van der Waals surface area contributed by atoms with Crippen molar-refractivity contribution in [2.24, 2.45) is 11.7 Å². The highest BCUT2D eigenvalue weighted by Crippen LogP contribution is 2.45. The molecule has 2 aromatic rings. The number of rotatable bonds is 5. The van der Waals surface area contributed by atoms with E-state index in [1.165, 1.54) is 6.92 Å². The number of Topliss-reactive ketones (excluding diaryl/α,β-unsaturated/α-hetero) is 1. The van der Waals surface area contributed by atoms with E-state index in [2.05, 4.69) is 0 Å². The number of aliphatic hydroxyl groups is 1. The fourth-order valence-electron chi connectivity index (χ4n) is 3.24. The molecule has 128 valence electrons. The predicted octanol–water partition coefficient (Wildman–Crippen LogP) is 1.23. The van der Waals surface area contributed by atoms with E-state index in [4.69, 9.17) is 5.73 Å². The number of benzene rings is 2. The molecule has 25 heavy (non-hydrogen) atoms. The third-order valence-electron chi connectivity index (χ3n) is 4.57. The number of primary amides is 1. The van der Waals surface area contributed by atoms with Gasteiger partial charge in [-0.1, -0.05) is 55.5 Å². The first-order valence-corrected chi connectivity index (χ1v) is 7.88. The summed E-state index contributed by atoms with van der Waals surface area (Å²) in [7, 11) is 0. The number of amides is 2. The van der Waals surface area contributed by atoms with Gasteiger partial charge in [0.1, 0.15) is 6.54 Å². The maximum Gasteiger partial charge on any atom is 0.264 e. The Balaban J connectivity index is 2.06. The molecular formula is C19H18N2O4. The first-order valence-electron chi connectivity index (χ1n) is 7.88. The van der Waals surface area contributed by atoms with E-state index in [0.717, 1.165) is 4.90 Å². The molecule has 1 heterocycles. The van der Waals surface area contributed by atoms with Crippen LogP contribution in [0.25, 0.3) is 0 Å². The zero-order chi connectivity index (χ0) is 18.2. The van der Waals surface area contributed by atoms with Crippen LogP contribution in [0.1, 0.15) is 22.8 Å². The minimum absolute atomic E-state index is 0.304. The first kappa shape index (κ1) is 16.9. The van der Waals surface area contributed by atoms with Crippen LogP contribution in [-0.2, 0) is 15.2 Å². The van der Waals surface area contributed by atoms with Crippen LogP contribution in [0.2, 0.25) is 0 Å². The number of nitrogens with zero attached hydrogens (tertiary/aromatic N) is 1. The average Bonchev–Trinajstić information content (AvgIpc) is 2.84. The molecule has 0 aliphatic carbocycles. The topological polar surface area (TPSA) is 101 Å². The minimum Gasteiger partial charge on any atom is -0.375 e. The molecule has 0 fully saturated rings. The van der Waals surface area contributed by atoms with Crippen molar-refractivity contribution >= 4 is 23.3 Å². The molecule has 1 aliphatic rings. The van der Waals surface area contributed by atoms with Crippen LogP contribution < -0.4 is 10.6 Å². The molecule has 0 aromatic heterocycles. The van der Waals surface area contributed by atoms with Gasteiger partial charge >= 0.3 is 0 Å². The molecular weight excluding hydrogens is 320 g/mol. The molecule has 0 unspecified atom stereocenters. The third kappa shape index (κ3) is 2.60. The van der Waals surface area contributed by atoms with Gasteiger partial charge in [-0.05, 0) is 6.07 Å². The number of ketones is 1. The summed E-state index contributed by atoms with van der Waals surface area (Å²) in [5, 5.41) is 11.2. The zero-order valence-electron chi connectivity index (χ0n) is 13.7. The summed E-state index contributed by atoms with van der Waals surface area (Å²) in [4.78, 5) is 38.2. The molecule has 6 nitrogen and oxygen atoms in total. The van der Waals surface area contributed by atoms with Gasteiger partial charge in [0.25, 0.3) is 5.91 Å². The maximum absolute atomic E-state index is 12.9. The third-order valence-corrected chi connectivity index (χ3v) is 4.57. The van der Waals surface area contributed by atoms with Crippen LogP contribution in [0.4, 0.5) is 5.69 Å². The molecule has 0 bridgehead atoms. The number of fused-ring (bicyclic) bond motifs is 1. The van der Waals surface area contributed by atoms with Crippen molar-refractivity contribution in [3.63, 3.8) is 0 Å². The Bertz CT molecular complexity index is 850. The normalized spacial score (nSPS) is 20.2. The summed E-state index contributed by atoms with van der Waals surface area (Å²) in [6, 6.07) is 15.0. The van der Waals surface area contributed by atoms with Crippen molar-refractivity contribution < 1.29 is 19.5 Å². The van der Waals surface area contributed by atoms with Crippen LogP contribution in [-0.4, -0.2) is 29.2 Å². The fourth-order valence-corrected chi connectivity index (χ4v) is 3.24. The van der Waals surface area contributed by atoms with Gasteiger partial charge in [-0.25, -0.2) is 0 Å². The molecule has 0 saturated heterocycles. The zero-order valence-corrected chi connectivity index (χ0v) is 13.7. The van der Waals surface area contributed by atoms with Crippen molar-refractivity contribution in [1.29, 1.82) is 0 Å². The highest BCUT2D eigenvalue weighted by atomic mass is 16.3. The van der Waals surface area contributed by atoms with Gasteiger partial charge in [-0.3, -0.25) is 19.3 Å². The van der Waals surface area contributed by atoms with Crippen LogP contribution in [0.5, 0.6) is 0 Å². The average molecular weight is 338 g/mol. The van der Waals surface area contributed by atoms with E-state index in [1.807, 2.05) is 0 Å². The molecule has 0 saturated carbocycles. The second kappa shape index (κ2) is 6.14. The predicted molar refractivity (Wildman–Crippen MR) is 91.8 cm³/mol. The van der Waals surface area contributed by atoms with Gasteiger partial charge in [-0.2, -0.15) is 0 Å². The van der Waals surface area contributed by atoms with Gasteiger partial charge in [0.05, 0.1) is 11.6 Å². The molecule has 0 spiro atoms. The fraction of sp³-hybridized carbons (Fsp3) is 0.211. The number of carbonyl (C=O) groups excluding carboxylic acids is 3. The van der Waals surface area contributed by atoms with Gasteiger partial charge in [0.2, 0.25) is 5.91 Å². The van der Waals surface area contributed by atoms with Crippen molar-refractivity contribution in [3.05, 3.63) is 65.7 Å². The van der Waals surface area contributed by atoms with Crippen LogP contribution >= 0.6 is 0 Å². The Kier molecular flexibility index (Phi) is 4.14. The van der Waals surface area contributed by atoms with Gasteiger partial charge in [0, 0.05) is 11.1 Å². The lowest BCUT2D eigenvalue weighted by Gasteiger charge is -2.28. The molecule has 3 N–H and O–H groups in total. The van der Waals surface area contributed by atoms with E-state index in [9.17, 15) is 19.5 Å². The SMILES string of the molecule is C[C@@H](C(=O)c1ccccc1)[C@@]1(O)C(=O)N(CC(N)=O)c2ccccc21. The Labute approximate surface area is 144 Å². The molecule has 2 aromatic carbocycles. The standard InChI is InChI=1S/C19H18N2O4/c1-12(17(23)13-7-3-2-4-8-13)19(25)14-9-5-6-10-15(14)21(18(19)24)11-16(20)22/h2-10,12,25H,11H2,1H3,(H2,20,22)/t12-,19-/m0/s1. The number of nitrogens with two attached hydrogens (primary N) is 1. The summed E-state index contributed by atoms with van der Waals surface area (Å²) in [5.74, 6) is -2.80. The van der Waals surface area contributed by atoms with Crippen LogP contribution in [0, 0.1) is 5.92 Å². The summed E-state index contributed by atoms with van der Waals surface area (Å²) < 4.78 is 0. The molecule has 6 heteroatoms. The van der Waals surface area contributed by atoms with Crippen molar-refractivity contribution in [3.8, 4) is 0 Å².